The maximum atomic E-state index is 14.5. The molecule has 0 radical (unpaired) electrons. The average molecular weight is 391 g/mol. The molecule has 1 aromatic carbocycles. The number of benzene rings is 1. The lowest BCUT2D eigenvalue weighted by Crippen LogP contribution is -2.45. The van der Waals surface area contributed by atoms with E-state index in [1.807, 2.05) is 4.68 Å². The fraction of sp³-hybridized carbons (Fsp3) is 0.600. The van der Waals surface area contributed by atoms with E-state index in [2.05, 4.69) is 15.7 Å². The Labute approximate surface area is 161 Å². The second-order valence-electron chi connectivity index (χ2n) is 8.26. The van der Waals surface area contributed by atoms with Crippen molar-refractivity contribution in [3.8, 4) is 0 Å². The van der Waals surface area contributed by atoms with Crippen LogP contribution in [0.2, 0.25) is 0 Å². The summed E-state index contributed by atoms with van der Waals surface area (Å²) in [7, 11) is 0. The molecule has 5 rings (SSSR count). The largest absolute Gasteiger partial charge is 0.350 e. The molecule has 150 valence electrons. The highest BCUT2D eigenvalue weighted by atomic mass is 19.2. The molecule has 3 aliphatic rings. The van der Waals surface area contributed by atoms with Crippen LogP contribution in [-0.4, -0.2) is 33.9 Å². The van der Waals surface area contributed by atoms with Gasteiger partial charge in [-0.1, -0.05) is 12.5 Å². The van der Waals surface area contributed by atoms with Crippen molar-refractivity contribution in [1.29, 1.82) is 0 Å². The number of anilines is 1. The van der Waals surface area contributed by atoms with E-state index in [9.17, 15) is 13.2 Å². The number of fused-ring (bicyclic) bond motifs is 3. The third-order valence-electron chi connectivity index (χ3n) is 6.60. The molecule has 8 heteroatoms. The van der Waals surface area contributed by atoms with Crippen LogP contribution in [0.5, 0.6) is 0 Å². The van der Waals surface area contributed by atoms with E-state index in [-0.39, 0.29) is 5.56 Å². The minimum Gasteiger partial charge on any atom is -0.350 e. The third-order valence-corrected chi connectivity index (χ3v) is 6.60. The van der Waals surface area contributed by atoms with Crippen molar-refractivity contribution in [2.45, 2.75) is 50.6 Å². The third kappa shape index (κ3) is 2.98. The Morgan fingerprint density at radius 1 is 1.00 bits per heavy atom. The predicted octanol–water partition coefficient (Wildman–Crippen LogP) is 3.42. The van der Waals surface area contributed by atoms with Crippen molar-refractivity contribution in [3.05, 3.63) is 41.0 Å². The van der Waals surface area contributed by atoms with E-state index in [0.29, 0.717) is 42.6 Å². The number of hydrogen-bond acceptors (Lipinski definition) is 4. The van der Waals surface area contributed by atoms with Gasteiger partial charge in [-0.2, -0.15) is 4.98 Å². The minimum atomic E-state index is -1.42. The summed E-state index contributed by atoms with van der Waals surface area (Å²) in [5.74, 6) is -1.79. The Morgan fingerprint density at radius 3 is 2.57 bits per heavy atom. The van der Waals surface area contributed by atoms with Crippen LogP contribution in [0.25, 0.3) is 0 Å². The smallest absolute Gasteiger partial charge is 0.242 e. The van der Waals surface area contributed by atoms with Crippen molar-refractivity contribution >= 4 is 5.95 Å². The first-order valence-corrected chi connectivity index (χ1v) is 10.2. The van der Waals surface area contributed by atoms with Gasteiger partial charge in [0.15, 0.2) is 17.5 Å². The van der Waals surface area contributed by atoms with Gasteiger partial charge < -0.3 is 10.6 Å². The molecule has 4 atom stereocenters. The first-order chi connectivity index (χ1) is 13.6. The van der Waals surface area contributed by atoms with Gasteiger partial charge in [0.05, 0.1) is 0 Å². The van der Waals surface area contributed by atoms with Crippen LogP contribution in [0.4, 0.5) is 19.1 Å². The second-order valence-corrected chi connectivity index (χ2v) is 8.26. The molecule has 1 unspecified atom stereocenters. The summed E-state index contributed by atoms with van der Waals surface area (Å²) in [6.45, 7) is 2.71. The number of halogens is 3. The number of hydrogen-bond donors (Lipinski definition) is 2. The van der Waals surface area contributed by atoms with E-state index in [0.717, 1.165) is 32.0 Å². The molecule has 2 aromatic rings. The Kier molecular flexibility index (Phi) is 4.53. The molecule has 2 N–H and O–H groups in total. The maximum absolute atomic E-state index is 14.5. The second kappa shape index (κ2) is 7.06. The summed E-state index contributed by atoms with van der Waals surface area (Å²) >= 11 is 0. The van der Waals surface area contributed by atoms with Gasteiger partial charge in [0, 0.05) is 24.1 Å². The summed E-state index contributed by atoms with van der Waals surface area (Å²) < 4.78 is 43.5. The lowest BCUT2D eigenvalue weighted by atomic mass is 9.93. The van der Waals surface area contributed by atoms with Crippen molar-refractivity contribution in [1.82, 2.24) is 20.1 Å². The van der Waals surface area contributed by atoms with Gasteiger partial charge in [0.25, 0.3) is 0 Å². The molecule has 1 aromatic heterocycles. The summed E-state index contributed by atoms with van der Waals surface area (Å²) in [6.07, 6.45) is 4.79. The van der Waals surface area contributed by atoms with Crippen LogP contribution in [0.1, 0.15) is 49.4 Å². The van der Waals surface area contributed by atoms with Crippen molar-refractivity contribution < 1.29 is 13.2 Å². The van der Waals surface area contributed by atoms with E-state index in [1.165, 1.54) is 18.9 Å². The van der Waals surface area contributed by atoms with Gasteiger partial charge in [-0.15, -0.1) is 5.10 Å². The lowest BCUT2D eigenvalue weighted by molar-refractivity contribution is 0.341. The average Bonchev–Trinajstić information content (AvgIpc) is 3.08. The van der Waals surface area contributed by atoms with Gasteiger partial charge in [0.1, 0.15) is 5.82 Å². The number of aryl methyl sites for hydroxylation is 1. The molecular weight excluding hydrogens is 367 g/mol. The molecule has 2 aliphatic heterocycles. The summed E-state index contributed by atoms with van der Waals surface area (Å²) in [6, 6.07) is 2.68. The van der Waals surface area contributed by atoms with Crippen molar-refractivity contribution in [3.63, 3.8) is 0 Å². The van der Waals surface area contributed by atoms with E-state index in [4.69, 9.17) is 4.98 Å². The Bertz CT molecular complexity index is 867. The van der Waals surface area contributed by atoms with Crippen molar-refractivity contribution in [2.75, 3.05) is 18.4 Å². The van der Waals surface area contributed by atoms with Gasteiger partial charge in [0.2, 0.25) is 5.95 Å². The van der Waals surface area contributed by atoms with Gasteiger partial charge >= 0.3 is 0 Å². The van der Waals surface area contributed by atoms with Crippen LogP contribution < -0.4 is 10.6 Å². The predicted molar refractivity (Wildman–Crippen MR) is 98.5 cm³/mol. The molecule has 1 aliphatic carbocycles. The number of piperidine rings is 1. The molecule has 2 fully saturated rings. The highest BCUT2D eigenvalue weighted by Crippen LogP contribution is 2.37. The van der Waals surface area contributed by atoms with E-state index < -0.39 is 23.4 Å². The Hall–Kier alpha value is -2.09. The number of rotatable bonds is 3. The molecular formula is C20H24F3N5. The van der Waals surface area contributed by atoms with Crippen LogP contribution in [-0.2, 0) is 6.54 Å². The fourth-order valence-corrected chi connectivity index (χ4v) is 5.15. The lowest BCUT2D eigenvalue weighted by Gasteiger charge is -2.31. The van der Waals surface area contributed by atoms with Gasteiger partial charge in [-0.25, -0.2) is 17.9 Å². The zero-order valence-electron chi connectivity index (χ0n) is 15.6. The topological polar surface area (TPSA) is 54.8 Å². The van der Waals surface area contributed by atoms with Crippen LogP contribution in [0.15, 0.2) is 12.1 Å². The summed E-state index contributed by atoms with van der Waals surface area (Å²) in [5, 5.41) is 11.6. The maximum Gasteiger partial charge on any atom is 0.242 e. The highest BCUT2D eigenvalue weighted by molar-refractivity contribution is 5.34. The molecule has 1 saturated heterocycles. The van der Waals surface area contributed by atoms with Crippen LogP contribution >= 0.6 is 0 Å². The number of nitrogens with one attached hydrogen (secondary N) is 2. The fourth-order valence-electron chi connectivity index (χ4n) is 5.15. The number of nitrogens with zero attached hydrogens (tertiary/aromatic N) is 3. The molecule has 2 bridgehead atoms. The summed E-state index contributed by atoms with van der Waals surface area (Å²) in [4.78, 5) is 4.69. The molecule has 0 amide bonds. The van der Waals surface area contributed by atoms with Crippen LogP contribution in [0.3, 0.4) is 0 Å². The van der Waals surface area contributed by atoms with Crippen molar-refractivity contribution in [2.24, 2.45) is 11.8 Å². The van der Waals surface area contributed by atoms with E-state index >= 15 is 0 Å². The van der Waals surface area contributed by atoms with Gasteiger partial charge in [-0.05, 0) is 56.7 Å². The zero-order chi connectivity index (χ0) is 19.3. The molecule has 1 saturated carbocycles. The highest BCUT2D eigenvalue weighted by Gasteiger charge is 2.39. The molecule has 5 nitrogen and oxygen atoms in total. The molecule has 28 heavy (non-hydrogen) atoms. The quantitative estimate of drug-likeness (QED) is 0.788. The summed E-state index contributed by atoms with van der Waals surface area (Å²) in [5.41, 5.74) is 0.155. The van der Waals surface area contributed by atoms with Gasteiger partial charge in [-0.3, -0.25) is 0 Å². The van der Waals surface area contributed by atoms with E-state index in [1.54, 1.807) is 0 Å². The Balaban J connectivity index is 1.46. The first kappa shape index (κ1) is 18.0. The molecule has 0 spiro atoms. The molecule has 3 heterocycles. The minimum absolute atomic E-state index is 0.155. The SMILES string of the molecule is Fc1ccc(C2CCCCn3nc(N[C@H]4[C@@H]5CC[C@H]4CNC5)nc32)c(F)c1F. The van der Waals surface area contributed by atoms with Crippen LogP contribution in [0, 0.1) is 29.3 Å². The number of aromatic nitrogens is 3. The normalized spacial score (nSPS) is 29.4. The Morgan fingerprint density at radius 2 is 1.79 bits per heavy atom. The standard InChI is InChI=1S/C20H24F3N5/c21-15-7-6-13(16(22)17(15)23)14-3-1-2-8-28-19(14)26-20(27-28)25-18-11-4-5-12(18)10-24-9-11/h6-7,11-12,14,18,24H,1-5,8-10H2,(H,25,27)/t11-,12+,14?,18+. The monoisotopic (exact) mass is 391 g/mol. The zero-order valence-corrected chi connectivity index (χ0v) is 15.6. The first-order valence-electron chi connectivity index (χ1n) is 10.2.